The van der Waals surface area contributed by atoms with Crippen LogP contribution in [0.4, 0.5) is 0 Å². The lowest BCUT2D eigenvalue weighted by atomic mass is 10.3. The maximum absolute atomic E-state index is 11.1. The van der Waals surface area contributed by atoms with E-state index in [1.54, 1.807) is 6.20 Å². The third-order valence-corrected chi connectivity index (χ3v) is 3.41. The van der Waals surface area contributed by atoms with Crippen LogP contribution in [-0.2, 0) is 16.1 Å². The lowest BCUT2D eigenvalue weighted by molar-refractivity contribution is -0.137. The predicted molar refractivity (Wildman–Crippen MR) is 71.7 cm³/mol. The van der Waals surface area contributed by atoms with Gasteiger partial charge in [0.25, 0.3) is 0 Å². The Balaban J connectivity index is 2.23. The van der Waals surface area contributed by atoms with Crippen LogP contribution in [0.3, 0.4) is 0 Å². The zero-order valence-corrected chi connectivity index (χ0v) is 11.6. The SMILES string of the molecule is CCn1c(SCC(=O)OC)nnc1-c1ccccn1. The smallest absolute Gasteiger partial charge is 0.316 e. The van der Waals surface area contributed by atoms with Crippen LogP contribution in [-0.4, -0.2) is 38.6 Å². The zero-order chi connectivity index (χ0) is 13.7. The van der Waals surface area contributed by atoms with E-state index in [1.807, 2.05) is 29.7 Å². The minimum absolute atomic E-state index is 0.219. The van der Waals surface area contributed by atoms with Crippen LogP contribution < -0.4 is 0 Å². The molecule has 0 fully saturated rings. The summed E-state index contributed by atoms with van der Waals surface area (Å²) in [6, 6.07) is 5.63. The van der Waals surface area contributed by atoms with E-state index in [4.69, 9.17) is 0 Å². The van der Waals surface area contributed by atoms with Gasteiger partial charge in [-0.2, -0.15) is 0 Å². The molecule has 0 spiro atoms. The monoisotopic (exact) mass is 278 g/mol. The lowest BCUT2D eigenvalue weighted by Crippen LogP contribution is -2.06. The van der Waals surface area contributed by atoms with Crippen LogP contribution in [0, 0.1) is 0 Å². The van der Waals surface area contributed by atoms with Gasteiger partial charge in [0.2, 0.25) is 0 Å². The maximum atomic E-state index is 11.1. The number of thioether (sulfide) groups is 1. The standard InChI is InChI=1S/C12H14N4O2S/c1-3-16-11(9-6-4-5-7-13-9)14-15-12(16)19-8-10(17)18-2/h4-7H,3,8H2,1-2H3. The van der Waals surface area contributed by atoms with Crippen molar-refractivity contribution in [2.75, 3.05) is 12.9 Å². The molecule has 0 aliphatic rings. The Kier molecular flexibility index (Phi) is 4.51. The van der Waals surface area contributed by atoms with Gasteiger partial charge in [0.1, 0.15) is 5.69 Å². The van der Waals surface area contributed by atoms with Crippen molar-refractivity contribution >= 4 is 17.7 Å². The van der Waals surface area contributed by atoms with Crippen molar-refractivity contribution in [2.24, 2.45) is 0 Å². The van der Waals surface area contributed by atoms with Gasteiger partial charge in [-0.1, -0.05) is 17.8 Å². The molecular weight excluding hydrogens is 264 g/mol. The van der Waals surface area contributed by atoms with Crippen molar-refractivity contribution in [3.05, 3.63) is 24.4 Å². The highest BCUT2D eigenvalue weighted by Gasteiger charge is 2.15. The number of aromatic nitrogens is 4. The first-order valence-corrected chi connectivity index (χ1v) is 6.79. The summed E-state index contributed by atoms with van der Waals surface area (Å²) in [5.74, 6) is 0.641. The van der Waals surface area contributed by atoms with Gasteiger partial charge in [-0.25, -0.2) is 0 Å². The number of carbonyl (C=O) groups is 1. The first-order valence-electron chi connectivity index (χ1n) is 5.80. The second kappa shape index (κ2) is 6.33. The van der Waals surface area contributed by atoms with E-state index in [0.717, 1.165) is 5.69 Å². The second-order valence-electron chi connectivity index (χ2n) is 3.63. The van der Waals surface area contributed by atoms with Gasteiger partial charge in [0, 0.05) is 12.7 Å². The van der Waals surface area contributed by atoms with Crippen molar-refractivity contribution in [3.63, 3.8) is 0 Å². The molecule has 7 heteroatoms. The van der Waals surface area contributed by atoms with Gasteiger partial charge < -0.3 is 9.30 Å². The van der Waals surface area contributed by atoms with Crippen molar-refractivity contribution in [2.45, 2.75) is 18.6 Å². The minimum Gasteiger partial charge on any atom is -0.468 e. The first-order chi connectivity index (χ1) is 9.26. The number of carbonyl (C=O) groups excluding carboxylic acids is 1. The molecule has 19 heavy (non-hydrogen) atoms. The molecule has 0 bridgehead atoms. The molecule has 100 valence electrons. The Morgan fingerprint density at radius 3 is 2.89 bits per heavy atom. The maximum Gasteiger partial charge on any atom is 0.316 e. The summed E-state index contributed by atoms with van der Waals surface area (Å²) in [6.45, 7) is 2.71. The topological polar surface area (TPSA) is 69.9 Å². The third kappa shape index (κ3) is 3.11. The highest BCUT2D eigenvalue weighted by Crippen LogP contribution is 2.22. The minimum atomic E-state index is -0.282. The molecule has 2 rings (SSSR count). The Morgan fingerprint density at radius 1 is 1.42 bits per heavy atom. The summed E-state index contributed by atoms with van der Waals surface area (Å²) in [7, 11) is 1.37. The van der Waals surface area contributed by atoms with Gasteiger partial charge in [-0.3, -0.25) is 9.78 Å². The van der Waals surface area contributed by atoms with E-state index in [0.29, 0.717) is 17.5 Å². The van der Waals surface area contributed by atoms with Crippen molar-refractivity contribution in [1.29, 1.82) is 0 Å². The number of hydrogen-bond donors (Lipinski definition) is 0. The van der Waals surface area contributed by atoms with Gasteiger partial charge in [0.15, 0.2) is 11.0 Å². The molecule has 0 saturated carbocycles. The number of esters is 1. The molecule has 6 nitrogen and oxygen atoms in total. The van der Waals surface area contributed by atoms with Gasteiger partial charge >= 0.3 is 5.97 Å². The highest BCUT2D eigenvalue weighted by molar-refractivity contribution is 7.99. The van der Waals surface area contributed by atoms with Gasteiger partial charge in [-0.15, -0.1) is 10.2 Å². The molecule has 0 amide bonds. The largest absolute Gasteiger partial charge is 0.468 e. The highest BCUT2D eigenvalue weighted by atomic mass is 32.2. The van der Waals surface area contributed by atoms with Gasteiger partial charge in [0.05, 0.1) is 12.9 Å². The average molecular weight is 278 g/mol. The summed E-state index contributed by atoms with van der Waals surface area (Å²) < 4.78 is 6.53. The van der Waals surface area contributed by atoms with Crippen molar-refractivity contribution < 1.29 is 9.53 Å². The molecule has 0 aliphatic heterocycles. The van der Waals surface area contributed by atoms with E-state index in [2.05, 4.69) is 19.9 Å². The van der Waals surface area contributed by atoms with Crippen LogP contribution in [0.2, 0.25) is 0 Å². The van der Waals surface area contributed by atoms with E-state index in [1.165, 1.54) is 18.9 Å². The fourth-order valence-electron chi connectivity index (χ4n) is 1.55. The summed E-state index contributed by atoms with van der Waals surface area (Å²) in [5, 5.41) is 8.92. The Bertz CT molecular complexity index is 556. The van der Waals surface area contributed by atoms with Crippen LogP contribution in [0.25, 0.3) is 11.5 Å². The molecule has 0 aromatic carbocycles. The lowest BCUT2D eigenvalue weighted by Gasteiger charge is -2.06. The van der Waals surface area contributed by atoms with Crippen LogP contribution in [0.5, 0.6) is 0 Å². The Labute approximate surface area is 115 Å². The molecular formula is C12H14N4O2S. The Morgan fingerprint density at radius 2 is 2.26 bits per heavy atom. The van der Waals surface area contributed by atoms with Crippen molar-refractivity contribution in [1.82, 2.24) is 19.7 Å². The number of methoxy groups -OCH3 is 1. The van der Waals surface area contributed by atoms with Crippen molar-refractivity contribution in [3.8, 4) is 11.5 Å². The van der Waals surface area contributed by atoms with E-state index >= 15 is 0 Å². The van der Waals surface area contributed by atoms with E-state index in [-0.39, 0.29) is 11.7 Å². The molecule has 0 radical (unpaired) electrons. The second-order valence-corrected chi connectivity index (χ2v) is 4.57. The summed E-state index contributed by atoms with van der Waals surface area (Å²) in [6.07, 6.45) is 1.71. The fraction of sp³-hybridized carbons (Fsp3) is 0.333. The third-order valence-electron chi connectivity index (χ3n) is 2.47. The summed E-state index contributed by atoms with van der Waals surface area (Å²) in [4.78, 5) is 15.4. The van der Waals surface area contributed by atoms with Crippen LogP contribution in [0.1, 0.15) is 6.92 Å². The summed E-state index contributed by atoms with van der Waals surface area (Å²) >= 11 is 1.31. The van der Waals surface area contributed by atoms with Crippen LogP contribution >= 0.6 is 11.8 Å². The number of rotatable bonds is 5. The zero-order valence-electron chi connectivity index (χ0n) is 10.7. The quantitative estimate of drug-likeness (QED) is 0.611. The average Bonchev–Trinajstić information content (AvgIpc) is 2.88. The number of pyridine rings is 1. The summed E-state index contributed by atoms with van der Waals surface area (Å²) in [5.41, 5.74) is 0.766. The molecule has 0 saturated heterocycles. The number of nitrogens with zero attached hydrogens (tertiary/aromatic N) is 4. The van der Waals surface area contributed by atoms with E-state index < -0.39 is 0 Å². The molecule has 0 N–H and O–H groups in total. The Hall–Kier alpha value is -1.89. The molecule has 0 atom stereocenters. The normalized spacial score (nSPS) is 10.4. The fourth-order valence-corrected chi connectivity index (χ4v) is 2.38. The molecule has 2 heterocycles. The molecule has 2 aromatic heterocycles. The molecule has 0 aliphatic carbocycles. The van der Waals surface area contributed by atoms with E-state index in [9.17, 15) is 4.79 Å². The first kappa shape index (κ1) is 13.5. The van der Waals surface area contributed by atoms with Crippen LogP contribution in [0.15, 0.2) is 29.6 Å². The predicted octanol–water partition coefficient (Wildman–Crippen LogP) is 1.63. The number of hydrogen-bond acceptors (Lipinski definition) is 6. The molecule has 2 aromatic rings. The number of ether oxygens (including phenoxy) is 1. The molecule has 0 unspecified atom stereocenters. The van der Waals surface area contributed by atoms with Gasteiger partial charge in [-0.05, 0) is 19.1 Å².